The van der Waals surface area contributed by atoms with Gasteiger partial charge < -0.3 is 0 Å². The summed E-state index contributed by atoms with van der Waals surface area (Å²) in [4.78, 5) is 20.7. The highest BCUT2D eigenvalue weighted by molar-refractivity contribution is 7.90. The van der Waals surface area contributed by atoms with Gasteiger partial charge in [-0.25, -0.2) is 13.4 Å². The molecular formula is C15H15Cl2N3O3S. The summed E-state index contributed by atoms with van der Waals surface area (Å²) in [5.74, 6) is 0. The number of sulfone groups is 1. The Morgan fingerprint density at radius 2 is 2.08 bits per heavy atom. The molecule has 9 heteroatoms. The van der Waals surface area contributed by atoms with Gasteiger partial charge in [-0.15, -0.1) is 0 Å². The van der Waals surface area contributed by atoms with Gasteiger partial charge in [0.2, 0.25) is 15.0 Å². The predicted octanol–water partition coefficient (Wildman–Crippen LogP) is 2.04. The summed E-state index contributed by atoms with van der Waals surface area (Å²) >= 11 is 12.1. The summed E-state index contributed by atoms with van der Waals surface area (Å²) < 4.78 is 23.1. The largest absolute Gasteiger partial charge is 0.297 e. The van der Waals surface area contributed by atoms with Crippen LogP contribution in [0.2, 0.25) is 10.0 Å². The highest BCUT2D eigenvalue weighted by atomic mass is 35.5. The third kappa shape index (κ3) is 3.64. The summed E-state index contributed by atoms with van der Waals surface area (Å²) in [7, 11) is -3.54. The molecule has 24 heavy (non-hydrogen) atoms. The van der Waals surface area contributed by atoms with Crippen LogP contribution in [0.25, 0.3) is 0 Å². The summed E-state index contributed by atoms with van der Waals surface area (Å²) in [6.07, 6.45) is 1.53. The first kappa shape index (κ1) is 17.4. The molecule has 128 valence electrons. The average Bonchev–Trinajstić information content (AvgIpc) is 2.49. The Labute approximate surface area is 149 Å². The maximum absolute atomic E-state index is 12.2. The molecule has 1 aromatic heterocycles. The number of nitrogens with one attached hydrogen (secondary N) is 1. The Bertz CT molecular complexity index is 957. The highest BCUT2D eigenvalue weighted by Crippen LogP contribution is 2.24. The molecule has 0 radical (unpaired) electrons. The van der Waals surface area contributed by atoms with Crippen molar-refractivity contribution >= 4 is 33.0 Å². The van der Waals surface area contributed by atoms with E-state index in [9.17, 15) is 13.2 Å². The number of hydrogen-bond acceptors (Lipinski definition) is 5. The van der Waals surface area contributed by atoms with E-state index in [1.165, 1.54) is 0 Å². The predicted molar refractivity (Wildman–Crippen MR) is 92.2 cm³/mol. The minimum atomic E-state index is -3.54. The first-order valence-corrected chi connectivity index (χ1v) is 9.87. The normalized spacial score (nSPS) is 15.3. The van der Waals surface area contributed by atoms with Crippen LogP contribution in [0, 0.1) is 0 Å². The van der Waals surface area contributed by atoms with Crippen LogP contribution in [0.15, 0.2) is 28.2 Å². The van der Waals surface area contributed by atoms with Gasteiger partial charge in [0.25, 0.3) is 5.56 Å². The van der Waals surface area contributed by atoms with Gasteiger partial charge in [0, 0.05) is 42.4 Å². The van der Waals surface area contributed by atoms with E-state index in [4.69, 9.17) is 23.2 Å². The Morgan fingerprint density at radius 1 is 1.33 bits per heavy atom. The highest BCUT2D eigenvalue weighted by Gasteiger charge is 2.23. The van der Waals surface area contributed by atoms with E-state index in [1.807, 2.05) is 6.07 Å². The summed E-state index contributed by atoms with van der Waals surface area (Å²) in [6.45, 7) is 1.62. The van der Waals surface area contributed by atoms with E-state index >= 15 is 0 Å². The van der Waals surface area contributed by atoms with Crippen LogP contribution in [0.3, 0.4) is 0 Å². The number of fused-ring (bicyclic) bond motifs is 1. The molecule has 2 heterocycles. The lowest BCUT2D eigenvalue weighted by Crippen LogP contribution is -2.36. The fourth-order valence-corrected chi connectivity index (χ4v) is 3.68. The third-order valence-electron chi connectivity index (χ3n) is 3.89. The van der Waals surface area contributed by atoms with Crippen LogP contribution in [0.4, 0.5) is 0 Å². The molecule has 1 aromatic carbocycles. The molecule has 0 atom stereocenters. The average molecular weight is 388 g/mol. The fourth-order valence-electron chi connectivity index (χ4n) is 2.66. The molecule has 0 saturated heterocycles. The van der Waals surface area contributed by atoms with Crippen molar-refractivity contribution in [3.8, 4) is 0 Å². The van der Waals surface area contributed by atoms with Gasteiger partial charge >= 0.3 is 0 Å². The first-order valence-electron chi connectivity index (χ1n) is 7.22. The Morgan fingerprint density at radius 3 is 2.75 bits per heavy atom. The monoisotopic (exact) mass is 387 g/mol. The second-order valence-electron chi connectivity index (χ2n) is 5.76. The molecule has 6 nitrogen and oxygen atoms in total. The van der Waals surface area contributed by atoms with Crippen LogP contribution in [-0.2, 0) is 29.3 Å². The zero-order valence-electron chi connectivity index (χ0n) is 12.8. The lowest BCUT2D eigenvalue weighted by molar-refractivity contribution is 0.241. The van der Waals surface area contributed by atoms with Gasteiger partial charge in [-0.3, -0.25) is 14.7 Å². The quantitative estimate of drug-likeness (QED) is 0.814. The van der Waals surface area contributed by atoms with E-state index in [1.54, 1.807) is 12.1 Å². The van der Waals surface area contributed by atoms with Crippen molar-refractivity contribution in [2.45, 2.75) is 24.7 Å². The molecule has 3 rings (SSSR count). The number of aromatic nitrogens is 2. The van der Waals surface area contributed by atoms with E-state index in [-0.39, 0.29) is 5.16 Å². The van der Waals surface area contributed by atoms with Crippen molar-refractivity contribution in [1.29, 1.82) is 0 Å². The smallest absolute Gasteiger partial charge is 0.256 e. The topological polar surface area (TPSA) is 83.1 Å². The summed E-state index contributed by atoms with van der Waals surface area (Å²) in [5.41, 5.74) is 1.55. The van der Waals surface area contributed by atoms with E-state index in [0.717, 1.165) is 11.8 Å². The van der Waals surface area contributed by atoms with Gasteiger partial charge in [-0.2, -0.15) is 0 Å². The van der Waals surface area contributed by atoms with Crippen LogP contribution < -0.4 is 5.56 Å². The standard InChI is InChI=1S/C15H15Cl2N3O3S/c1-24(22,23)15-18-13-4-5-20(8-11(13)14(21)19-15)7-9-2-3-10(16)6-12(9)17/h2-3,6H,4-5,7-8H2,1H3,(H,18,19,21). The van der Waals surface area contributed by atoms with Crippen LogP contribution in [0.5, 0.6) is 0 Å². The minimum absolute atomic E-state index is 0.277. The van der Waals surface area contributed by atoms with Gasteiger partial charge in [-0.1, -0.05) is 29.3 Å². The van der Waals surface area contributed by atoms with E-state index in [0.29, 0.717) is 47.4 Å². The molecule has 0 spiro atoms. The zero-order chi connectivity index (χ0) is 17.5. The maximum Gasteiger partial charge on any atom is 0.256 e. The molecule has 1 N–H and O–H groups in total. The number of halogens is 2. The molecular weight excluding hydrogens is 373 g/mol. The number of nitrogens with zero attached hydrogens (tertiary/aromatic N) is 2. The Balaban J connectivity index is 1.86. The second kappa shape index (κ2) is 6.48. The van der Waals surface area contributed by atoms with Crippen LogP contribution >= 0.6 is 23.2 Å². The van der Waals surface area contributed by atoms with Crippen molar-refractivity contribution in [3.63, 3.8) is 0 Å². The lowest BCUT2D eigenvalue weighted by Gasteiger charge is -2.27. The van der Waals surface area contributed by atoms with Gasteiger partial charge in [0.15, 0.2) is 0 Å². The summed E-state index contributed by atoms with van der Waals surface area (Å²) in [5, 5.41) is 0.870. The van der Waals surface area contributed by atoms with Crippen molar-refractivity contribution in [2.75, 3.05) is 12.8 Å². The van der Waals surface area contributed by atoms with Crippen LogP contribution in [-0.4, -0.2) is 36.1 Å². The Hall–Kier alpha value is -1.41. The first-order chi connectivity index (χ1) is 11.2. The molecule has 0 amide bonds. The van der Waals surface area contributed by atoms with Crippen molar-refractivity contribution in [3.05, 3.63) is 55.4 Å². The molecule has 0 saturated carbocycles. The molecule has 0 aliphatic carbocycles. The SMILES string of the molecule is CS(=O)(=O)c1nc2c(c(=O)[nH]1)CN(Cc1ccc(Cl)cc1Cl)CC2. The van der Waals surface area contributed by atoms with E-state index < -0.39 is 15.4 Å². The van der Waals surface area contributed by atoms with Gasteiger partial charge in [0.05, 0.1) is 11.3 Å². The summed E-state index contributed by atoms with van der Waals surface area (Å²) in [6, 6.07) is 5.31. The number of rotatable bonds is 3. The minimum Gasteiger partial charge on any atom is -0.297 e. The van der Waals surface area contributed by atoms with Crippen LogP contribution in [0.1, 0.15) is 16.8 Å². The molecule has 0 unspecified atom stereocenters. The zero-order valence-corrected chi connectivity index (χ0v) is 15.2. The lowest BCUT2D eigenvalue weighted by atomic mass is 10.1. The van der Waals surface area contributed by atoms with Gasteiger partial charge in [0.1, 0.15) is 0 Å². The third-order valence-corrected chi connectivity index (χ3v) is 5.37. The molecule has 1 aliphatic heterocycles. The molecule has 1 aliphatic rings. The number of aromatic amines is 1. The fraction of sp³-hybridized carbons (Fsp3) is 0.333. The molecule has 0 bridgehead atoms. The van der Waals surface area contributed by atoms with Crippen molar-refractivity contribution < 1.29 is 8.42 Å². The van der Waals surface area contributed by atoms with E-state index in [2.05, 4.69) is 14.9 Å². The van der Waals surface area contributed by atoms with Gasteiger partial charge in [-0.05, 0) is 17.7 Å². The number of benzene rings is 1. The number of hydrogen-bond donors (Lipinski definition) is 1. The molecule has 2 aromatic rings. The van der Waals surface area contributed by atoms with Crippen molar-refractivity contribution in [1.82, 2.24) is 14.9 Å². The Kier molecular flexibility index (Phi) is 4.70. The second-order valence-corrected chi connectivity index (χ2v) is 8.54. The molecule has 0 fully saturated rings. The van der Waals surface area contributed by atoms with Crippen molar-refractivity contribution in [2.24, 2.45) is 0 Å². The maximum atomic E-state index is 12.2. The number of H-pyrrole nitrogens is 1.